The normalized spacial score (nSPS) is 21.5. The van der Waals surface area contributed by atoms with Crippen LogP contribution in [0, 0.1) is 0 Å². The van der Waals surface area contributed by atoms with Crippen molar-refractivity contribution in [3.8, 4) is 0 Å². The third-order valence-corrected chi connectivity index (χ3v) is 3.61. The standard InChI is InChI=1S/C12H15N.C2H6/c1-13-8-12(9-13)7-6-10-4-2-3-5-11(10)12;1-2/h2-5H,6-9H2,1H3;1-2H3. The van der Waals surface area contributed by atoms with Crippen molar-refractivity contribution in [1.82, 2.24) is 4.90 Å². The van der Waals surface area contributed by atoms with Crippen molar-refractivity contribution in [3.63, 3.8) is 0 Å². The summed E-state index contributed by atoms with van der Waals surface area (Å²) in [6, 6.07) is 8.97. The zero-order valence-corrected chi connectivity index (χ0v) is 10.1. The number of hydrogen-bond acceptors (Lipinski definition) is 1. The molecule has 0 bridgehead atoms. The third-order valence-electron chi connectivity index (χ3n) is 3.61. The van der Waals surface area contributed by atoms with Crippen LogP contribution in [0.15, 0.2) is 24.3 Å². The predicted octanol–water partition coefficient (Wildman–Crippen LogP) is 2.84. The van der Waals surface area contributed by atoms with Gasteiger partial charge in [-0.25, -0.2) is 0 Å². The van der Waals surface area contributed by atoms with Crippen LogP contribution >= 0.6 is 0 Å². The van der Waals surface area contributed by atoms with E-state index in [0.29, 0.717) is 5.41 Å². The zero-order valence-electron chi connectivity index (χ0n) is 10.1. The van der Waals surface area contributed by atoms with Crippen molar-refractivity contribution in [2.24, 2.45) is 0 Å². The highest BCUT2D eigenvalue weighted by atomic mass is 15.2. The Morgan fingerprint density at radius 3 is 2.47 bits per heavy atom. The highest BCUT2D eigenvalue weighted by Gasteiger charge is 2.46. The van der Waals surface area contributed by atoms with E-state index in [1.165, 1.54) is 25.9 Å². The van der Waals surface area contributed by atoms with Gasteiger partial charge in [-0.2, -0.15) is 0 Å². The Kier molecular flexibility index (Phi) is 2.83. The quantitative estimate of drug-likeness (QED) is 0.626. The number of aryl methyl sites for hydroxylation is 1. The number of benzene rings is 1. The second-order valence-electron chi connectivity index (χ2n) is 4.61. The number of likely N-dealkylation sites (N-methyl/N-ethyl adjacent to an activating group) is 1. The fraction of sp³-hybridized carbons (Fsp3) is 0.571. The molecule has 1 fully saturated rings. The molecule has 1 spiro atoms. The van der Waals surface area contributed by atoms with Gasteiger partial charge in [0.1, 0.15) is 0 Å². The largest absolute Gasteiger partial charge is 0.304 e. The van der Waals surface area contributed by atoms with Gasteiger partial charge < -0.3 is 4.90 Å². The molecule has 0 aromatic heterocycles. The lowest BCUT2D eigenvalue weighted by Gasteiger charge is -2.47. The molecule has 0 radical (unpaired) electrons. The Labute approximate surface area is 93.1 Å². The molecule has 15 heavy (non-hydrogen) atoms. The molecule has 1 saturated heterocycles. The van der Waals surface area contributed by atoms with Gasteiger partial charge in [-0.1, -0.05) is 38.1 Å². The fourth-order valence-electron chi connectivity index (χ4n) is 3.08. The van der Waals surface area contributed by atoms with Crippen molar-refractivity contribution in [2.75, 3.05) is 20.1 Å². The van der Waals surface area contributed by atoms with Crippen molar-refractivity contribution in [1.29, 1.82) is 0 Å². The topological polar surface area (TPSA) is 3.24 Å². The summed E-state index contributed by atoms with van der Waals surface area (Å²) in [4.78, 5) is 2.42. The Morgan fingerprint density at radius 1 is 1.13 bits per heavy atom. The average molecular weight is 203 g/mol. The minimum absolute atomic E-state index is 0.547. The monoisotopic (exact) mass is 203 g/mol. The highest BCUT2D eigenvalue weighted by Crippen LogP contribution is 2.44. The molecule has 0 amide bonds. The van der Waals surface area contributed by atoms with Crippen molar-refractivity contribution in [3.05, 3.63) is 35.4 Å². The van der Waals surface area contributed by atoms with E-state index in [-0.39, 0.29) is 0 Å². The summed E-state index contributed by atoms with van der Waals surface area (Å²) in [5.74, 6) is 0. The van der Waals surface area contributed by atoms with Crippen LogP contribution in [0.25, 0.3) is 0 Å². The van der Waals surface area contributed by atoms with Crippen molar-refractivity contribution < 1.29 is 0 Å². The third kappa shape index (κ3) is 1.59. The van der Waals surface area contributed by atoms with E-state index in [9.17, 15) is 0 Å². The molecular weight excluding hydrogens is 182 g/mol. The van der Waals surface area contributed by atoms with Crippen LogP contribution in [0.4, 0.5) is 0 Å². The minimum atomic E-state index is 0.547. The summed E-state index contributed by atoms with van der Waals surface area (Å²) in [7, 11) is 2.21. The maximum atomic E-state index is 2.42. The molecule has 1 aliphatic carbocycles. The summed E-state index contributed by atoms with van der Waals surface area (Å²) < 4.78 is 0. The van der Waals surface area contributed by atoms with Crippen LogP contribution in [0.3, 0.4) is 0 Å². The van der Waals surface area contributed by atoms with E-state index in [1.807, 2.05) is 13.8 Å². The Morgan fingerprint density at radius 2 is 1.80 bits per heavy atom. The second-order valence-corrected chi connectivity index (χ2v) is 4.61. The number of rotatable bonds is 0. The van der Waals surface area contributed by atoms with Gasteiger partial charge in [0.05, 0.1) is 0 Å². The first-order chi connectivity index (χ1) is 7.30. The maximum absolute atomic E-state index is 2.42. The van der Waals surface area contributed by atoms with Crippen molar-refractivity contribution >= 4 is 0 Å². The van der Waals surface area contributed by atoms with E-state index in [2.05, 4.69) is 36.2 Å². The molecular formula is C14H21N. The smallest absolute Gasteiger partial charge is 0.0213 e. The molecule has 2 aliphatic rings. The molecule has 0 saturated carbocycles. The van der Waals surface area contributed by atoms with Crippen molar-refractivity contribution in [2.45, 2.75) is 32.1 Å². The summed E-state index contributed by atoms with van der Waals surface area (Å²) in [6.07, 6.45) is 2.67. The molecule has 1 heterocycles. The van der Waals surface area contributed by atoms with Gasteiger partial charge in [-0.05, 0) is 31.0 Å². The number of fused-ring (bicyclic) bond motifs is 2. The molecule has 1 nitrogen and oxygen atoms in total. The van der Waals surface area contributed by atoms with Gasteiger partial charge in [0.2, 0.25) is 0 Å². The Balaban J connectivity index is 0.000000404. The number of nitrogens with zero attached hydrogens (tertiary/aromatic N) is 1. The molecule has 0 unspecified atom stereocenters. The van der Waals surface area contributed by atoms with E-state index >= 15 is 0 Å². The van der Waals surface area contributed by atoms with E-state index in [4.69, 9.17) is 0 Å². The highest BCUT2D eigenvalue weighted by molar-refractivity contribution is 5.42. The maximum Gasteiger partial charge on any atom is 0.0213 e. The van der Waals surface area contributed by atoms with Gasteiger partial charge >= 0.3 is 0 Å². The van der Waals surface area contributed by atoms with Gasteiger partial charge in [0.25, 0.3) is 0 Å². The Bertz CT molecular complexity index is 331. The second kappa shape index (κ2) is 3.97. The number of likely N-dealkylation sites (tertiary alicyclic amines) is 1. The lowest BCUT2D eigenvalue weighted by Crippen LogP contribution is -2.56. The fourth-order valence-corrected chi connectivity index (χ4v) is 3.08. The van der Waals surface area contributed by atoms with Gasteiger partial charge in [0.15, 0.2) is 0 Å². The van der Waals surface area contributed by atoms with Crippen LogP contribution in [-0.4, -0.2) is 25.0 Å². The molecule has 1 aromatic carbocycles. The van der Waals surface area contributed by atoms with Crippen LogP contribution < -0.4 is 0 Å². The van der Waals surface area contributed by atoms with E-state index in [1.54, 1.807) is 11.1 Å². The molecule has 1 heteroatoms. The minimum Gasteiger partial charge on any atom is -0.304 e. The lowest BCUT2D eigenvalue weighted by molar-refractivity contribution is 0.0946. The Hall–Kier alpha value is -0.820. The predicted molar refractivity (Wildman–Crippen MR) is 65.3 cm³/mol. The first-order valence-corrected chi connectivity index (χ1v) is 6.07. The first kappa shape index (κ1) is 10.7. The first-order valence-electron chi connectivity index (χ1n) is 6.07. The summed E-state index contributed by atoms with van der Waals surface area (Å²) in [6.45, 7) is 6.54. The molecule has 82 valence electrons. The molecule has 0 N–H and O–H groups in total. The van der Waals surface area contributed by atoms with E-state index < -0.39 is 0 Å². The molecule has 1 aromatic rings. The lowest BCUT2D eigenvalue weighted by atomic mass is 9.75. The SMILES string of the molecule is CC.CN1CC2(CCc3ccccc32)C1. The molecule has 3 rings (SSSR count). The van der Waals surface area contributed by atoms with Gasteiger partial charge in [-0.3, -0.25) is 0 Å². The van der Waals surface area contributed by atoms with Crippen LogP contribution in [0.2, 0.25) is 0 Å². The van der Waals surface area contributed by atoms with Crippen LogP contribution in [0.5, 0.6) is 0 Å². The summed E-state index contributed by atoms with van der Waals surface area (Å²) >= 11 is 0. The van der Waals surface area contributed by atoms with Crippen LogP contribution in [-0.2, 0) is 11.8 Å². The van der Waals surface area contributed by atoms with E-state index in [0.717, 1.165) is 0 Å². The zero-order chi connectivity index (χ0) is 10.9. The van der Waals surface area contributed by atoms with Gasteiger partial charge in [-0.15, -0.1) is 0 Å². The van der Waals surface area contributed by atoms with Crippen LogP contribution in [0.1, 0.15) is 31.4 Å². The summed E-state index contributed by atoms with van der Waals surface area (Å²) in [5.41, 5.74) is 3.77. The molecule has 1 aliphatic heterocycles. The average Bonchev–Trinajstić information content (AvgIpc) is 2.61. The number of hydrogen-bond donors (Lipinski definition) is 0. The summed E-state index contributed by atoms with van der Waals surface area (Å²) in [5, 5.41) is 0. The molecule has 0 atom stereocenters. The van der Waals surface area contributed by atoms with Gasteiger partial charge in [0, 0.05) is 18.5 Å².